The van der Waals surface area contributed by atoms with E-state index in [1.165, 1.54) is 0 Å². The molecule has 1 N–H and O–H groups in total. The molecule has 2 nitrogen and oxygen atoms in total. The molecule has 0 aliphatic rings. The molecule has 2 aromatic rings. The summed E-state index contributed by atoms with van der Waals surface area (Å²) >= 11 is 3.42. The molecule has 0 saturated carbocycles. The number of benzene rings is 2. The highest BCUT2D eigenvalue weighted by Crippen LogP contribution is 2.30. The highest BCUT2D eigenvalue weighted by atomic mass is 79.9. The van der Waals surface area contributed by atoms with Crippen LogP contribution in [0.25, 0.3) is 0 Å². The van der Waals surface area contributed by atoms with E-state index in [4.69, 9.17) is 0 Å². The van der Waals surface area contributed by atoms with Crippen LogP contribution in [0.15, 0.2) is 59.1 Å². The van der Waals surface area contributed by atoms with Crippen LogP contribution in [0.4, 0.5) is 5.69 Å². The van der Waals surface area contributed by atoms with E-state index in [0.717, 1.165) is 22.1 Å². The van der Waals surface area contributed by atoms with Gasteiger partial charge < -0.3 is 5.32 Å². The standard InChI is InChI=1S/C17H18BrNO/c1-3-17(2,13-9-11-14(18)12-10-13)16(20)19-15-7-5-4-6-8-15/h4-12H,3H2,1-2H3,(H,19,20). The summed E-state index contributed by atoms with van der Waals surface area (Å²) in [6, 6.07) is 17.5. The third-order valence-corrected chi connectivity index (χ3v) is 4.25. The largest absolute Gasteiger partial charge is 0.325 e. The number of carbonyl (C=O) groups excluding carboxylic acids is 1. The van der Waals surface area contributed by atoms with Crippen LogP contribution in [0.5, 0.6) is 0 Å². The second kappa shape index (κ2) is 6.23. The topological polar surface area (TPSA) is 29.1 Å². The van der Waals surface area contributed by atoms with Crippen molar-refractivity contribution in [2.24, 2.45) is 0 Å². The van der Waals surface area contributed by atoms with E-state index in [9.17, 15) is 4.79 Å². The minimum absolute atomic E-state index is 0.0218. The van der Waals surface area contributed by atoms with E-state index in [1.54, 1.807) is 0 Å². The fourth-order valence-electron chi connectivity index (χ4n) is 2.10. The summed E-state index contributed by atoms with van der Waals surface area (Å²) in [4.78, 5) is 12.6. The first-order chi connectivity index (χ1) is 9.56. The smallest absolute Gasteiger partial charge is 0.234 e. The van der Waals surface area contributed by atoms with E-state index in [2.05, 4.69) is 21.2 Å². The van der Waals surface area contributed by atoms with Crippen LogP contribution >= 0.6 is 15.9 Å². The van der Waals surface area contributed by atoms with Crippen molar-refractivity contribution in [3.05, 3.63) is 64.6 Å². The molecule has 1 atom stereocenters. The van der Waals surface area contributed by atoms with Crippen molar-refractivity contribution in [1.29, 1.82) is 0 Å². The van der Waals surface area contributed by atoms with E-state index < -0.39 is 5.41 Å². The number of carbonyl (C=O) groups is 1. The Morgan fingerprint density at radius 2 is 1.70 bits per heavy atom. The van der Waals surface area contributed by atoms with Crippen LogP contribution in [0.1, 0.15) is 25.8 Å². The van der Waals surface area contributed by atoms with Crippen LogP contribution in [0, 0.1) is 0 Å². The molecule has 0 spiro atoms. The average Bonchev–Trinajstić information content (AvgIpc) is 2.48. The summed E-state index contributed by atoms with van der Waals surface area (Å²) < 4.78 is 1.02. The molecule has 20 heavy (non-hydrogen) atoms. The average molecular weight is 332 g/mol. The second-order valence-corrected chi connectivity index (χ2v) is 5.93. The molecular weight excluding hydrogens is 314 g/mol. The summed E-state index contributed by atoms with van der Waals surface area (Å²) in [6.45, 7) is 4.02. The first-order valence-corrected chi connectivity index (χ1v) is 7.48. The molecule has 0 aromatic heterocycles. The Hall–Kier alpha value is -1.61. The van der Waals surface area contributed by atoms with Crippen LogP contribution in [-0.4, -0.2) is 5.91 Å². The molecule has 2 aromatic carbocycles. The number of amides is 1. The first kappa shape index (κ1) is 14.8. The maximum absolute atomic E-state index is 12.6. The van der Waals surface area contributed by atoms with Gasteiger partial charge in [0.05, 0.1) is 5.41 Å². The fourth-order valence-corrected chi connectivity index (χ4v) is 2.37. The lowest BCUT2D eigenvalue weighted by atomic mass is 9.79. The molecule has 3 heteroatoms. The molecule has 0 aliphatic carbocycles. The number of rotatable bonds is 4. The Morgan fingerprint density at radius 1 is 1.10 bits per heavy atom. The normalized spacial score (nSPS) is 13.6. The minimum atomic E-state index is -0.531. The summed E-state index contributed by atoms with van der Waals surface area (Å²) in [6.07, 6.45) is 0.743. The van der Waals surface area contributed by atoms with Gasteiger partial charge in [0.1, 0.15) is 0 Å². The Bertz CT molecular complexity index is 580. The van der Waals surface area contributed by atoms with E-state index in [0.29, 0.717) is 0 Å². The maximum atomic E-state index is 12.6. The van der Waals surface area contributed by atoms with Gasteiger partial charge in [0.15, 0.2) is 0 Å². The summed E-state index contributed by atoms with van der Waals surface area (Å²) in [5.74, 6) is 0.0218. The Labute approximate surface area is 128 Å². The molecule has 1 amide bonds. The minimum Gasteiger partial charge on any atom is -0.325 e. The van der Waals surface area contributed by atoms with Crippen molar-refractivity contribution in [2.45, 2.75) is 25.7 Å². The molecule has 0 bridgehead atoms. The van der Waals surface area contributed by atoms with Gasteiger partial charge in [-0.1, -0.05) is 53.2 Å². The summed E-state index contributed by atoms with van der Waals surface area (Å²) in [5, 5.41) is 3.00. The Kier molecular flexibility index (Phi) is 4.61. The molecular formula is C17H18BrNO. The van der Waals surface area contributed by atoms with Crippen molar-refractivity contribution < 1.29 is 4.79 Å². The van der Waals surface area contributed by atoms with Gasteiger partial charge in [0.25, 0.3) is 0 Å². The first-order valence-electron chi connectivity index (χ1n) is 6.69. The van der Waals surface area contributed by atoms with Crippen LogP contribution in [0.3, 0.4) is 0 Å². The Morgan fingerprint density at radius 3 is 2.25 bits per heavy atom. The molecule has 0 fully saturated rings. The third-order valence-electron chi connectivity index (χ3n) is 3.72. The highest BCUT2D eigenvalue weighted by molar-refractivity contribution is 9.10. The third kappa shape index (κ3) is 3.10. The van der Waals surface area contributed by atoms with Crippen LogP contribution in [-0.2, 0) is 10.2 Å². The summed E-state index contributed by atoms with van der Waals surface area (Å²) in [7, 11) is 0. The number of para-hydroxylation sites is 1. The van der Waals surface area contributed by atoms with E-state index in [1.807, 2.05) is 68.4 Å². The van der Waals surface area contributed by atoms with Gasteiger partial charge in [-0.3, -0.25) is 4.79 Å². The number of hydrogen-bond acceptors (Lipinski definition) is 1. The molecule has 0 saturated heterocycles. The highest BCUT2D eigenvalue weighted by Gasteiger charge is 2.33. The monoisotopic (exact) mass is 331 g/mol. The van der Waals surface area contributed by atoms with Crippen molar-refractivity contribution in [3.63, 3.8) is 0 Å². The van der Waals surface area contributed by atoms with Gasteiger partial charge >= 0.3 is 0 Å². The van der Waals surface area contributed by atoms with Crippen molar-refractivity contribution in [1.82, 2.24) is 0 Å². The van der Waals surface area contributed by atoms with Crippen molar-refractivity contribution >= 4 is 27.5 Å². The number of hydrogen-bond donors (Lipinski definition) is 1. The number of nitrogens with one attached hydrogen (secondary N) is 1. The molecule has 0 radical (unpaired) electrons. The van der Waals surface area contributed by atoms with Gasteiger partial charge in [-0.05, 0) is 43.2 Å². The van der Waals surface area contributed by atoms with Crippen molar-refractivity contribution in [3.8, 4) is 0 Å². The predicted molar refractivity (Wildman–Crippen MR) is 86.9 cm³/mol. The van der Waals surface area contributed by atoms with Gasteiger partial charge in [-0.15, -0.1) is 0 Å². The van der Waals surface area contributed by atoms with Crippen molar-refractivity contribution in [2.75, 3.05) is 5.32 Å². The lowest BCUT2D eigenvalue weighted by molar-refractivity contribution is -0.121. The fraction of sp³-hybridized carbons (Fsp3) is 0.235. The maximum Gasteiger partial charge on any atom is 0.234 e. The number of halogens is 1. The van der Waals surface area contributed by atoms with E-state index >= 15 is 0 Å². The molecule has 0 aliphatic heterocycles. The SMILES string of the molecule is CCC(C)(C(=O)Nc1ccccc1)c1ccc(Br)cc1. The van der Waals surface area contributed by atoms with Crippen LogP contribution in [0.2, 0.25) is 0 Å². The lowest BCUT2D eigenvalue weighted by Gasteiger charge is -2.27. The summed E-state index contributed by atoms with van der Waals surface area (Å²) in [5.41, 5.74) is 1.32. The van der Waals surface area contributed by atoms with Gasteiger partial charge in [0.2, 0.25) is 5.91 Å². The van der Waals surface area contributed by atoms with Crippen LogP contribution < -0.4 is 5.32 Å². The zero-order valence-corrected chi connectivity index (χ0v) is 13.3. The second-order valence-electron chi connectivity index (χ2n) is 5.01. The van der Waals surface area contributed by atoms with Gasteiger partial charge in [-0.25, -0.2) is 0 Å². The van der Waals surface area contributed by atoms with E-state index in [-0.39, 0.29) is 5.91 Å². The molecule has 104 valence electrons. The zero-order chi connectivity index (χ0) is 14.6. The number of anilines is 1. The van der Waals surface area contributed by atoms with Gasteiger partial charge in [-0.2, -0.15) is 0 Å². The zero-order valence-electron chi connectivity index (χ0n) is 11.7. The van der Waals surface area contributed by atoms with Gasteiger partial charge in [0, 0.05) is 10.2 Å². The molecule has 2 rings (SSSR count). The predicted octanol–water partition coefficient (Wildman–Crippen LogP) is 4.76. The molecule has 1 unspecified atom stereocenters. The Balaban J connectivity index is 2.26. The lowest BCUT2D eigenvalue weighted by Crippen LogP contribution is -2.37. The quantitative estimate of drug-likeness (QED) is 0.860. The molecule has 0 heterocycles.